The van der Waals surface area contributed by atoms with Crippen LogP contribution in [0.25, 0.3) is 0 Å². The highest BCUT2D eigenvalue weighted by Crippen LogP contribution is 2.44. The number of nitrogens with one attached hydrogen (secondary N) is 1. The third-order valence-corrected chi connectivity index (χ3v) is 11.6. The van der Waals surface area contributed by atoms with Gasteiger partial charge >= 0.3 is 17.9 Å². The molecule has 1 unspecified atom stereocenters. The molecular formula is C33H38FN7O12S2. The van der Waals surface area contributed by atoms with Crippen LogP contribution in [0, 0.1) is 17.7 Å². The average molecular weight is 808 g/mol. The van der Waals surface area contributed by atoms with Crippen molar-refractivity contribution in [2.24, 2.45) is 17.0 Å². The lowest BCUT2D eigenvalue weighted by atomic mass is 9.93. The molecule has 55 heavy (non-hydrogen) atoms. The number of hydrogen-bond donors (Lipinski definition) is 7. The summed E-state index contributed by atoms with van der Waals surface area (Å²) < 4.78 is 14.1. The molecule has 3 amide bonds. The molecule has 0 aliphatic carbocycles. The van der Waals surface area contributed by atoms with E-state index in [9.17, 15) is 53.6 Å². The lowest BCUT2D eigenvalue weighted by Gasteiger charge is -2.51. The number of anilines is 1. The molecule has 2 fully saturated rings. The summed E-state index contributed by atoms with van der Waals surface area (Å²) in [5.41, 5.74) is 5.04. The number of aromatic nitrogens is 1. The number of aromatic hydroxyl groups is 2. The number of nitrogen functional groups attached to an aromatic ring is 1. The fraction of sp³-hybridized carbons (Fsp3) is 0.455. The van der Waals surface area contributed by atoms with Crippen LogP contribution in [0.1, 0.15) is 42.7 Å². The molecule has 2 saturated heterocycles. The first-order valence-corrected chi connectivity index (χ1v) is 18.6. The first-order valence-electron chi connectivity index (χ1n) is 16.8. The fourth-order valence-electron chi connectivity index (χ4n) is 6.73. The van der Waals surface area contributed by atoms with E-state index in [0.29, 0.717) is 31.6 Å². The number of halogens is 1. The number of hydrogen-bond acceptors (Lipinski definition) is 15. The molecule has 8 N–H and O–H groups in total. The van der Waals surface area contributed by atoms with Crippen LogP contribution in [0.15, 0.2) is 33.9 Å². The van der Waals surface area contributed by atoms with E-state index in [0.717, 1.165) is 28.4 Å². The highest BCUT2D eigenvalue weighted by Gasteiger charge is 2.56. The number of likely N-dealkylation sites (N-methyl/N-ethyl adjacent to an activating group) is 1. The quantitative estimate of drug-likeness (QED) is 0.0567. The number of thioether (sulfide) groups is 1. The van der Waals surface area contributed by atoms with E-state index in [1.54, 1.807) is 18.9 Å². The lowest BCUT2D eigenvalue weighted by molar-refractivity contribution is -0.156. The van der Waals surface area contributed by atoms with Gasteiger partial charge in [0.1, 0.15) is 22.8 Å². The zero-order valence-corrected chi connectivity index (χ0v) is 31.2. The molecule has 5 rings (SSSR count). The number of phenols is 2. The number of rotatable bonds is 15. The summed E-state index contributed by atoms with van der Waals surface area (Å²) in [4.78, 5) is 88.8. The predicted octanol–water partition coefficient (Wildman–Crippen LogP) is 0.782. The van der Waals surface area contributed by atoms with E-state index in [1.807, 2.05) is 11.8 Å². The molecule has 1 aromatic carbocycles. The number of amides is 3. The van der Waals surface area contributed by atoms with Gasteiger partial charge in [-0.15, -0.1) is 23.1 Å². The van der Waals surface area contributed by atoms with Crippen LogP contribution >= 0.6 is 23.1 Å². The number of phenolic OH excluding ortho intramolecular Hbond substituents is 2. The van der Waals surface area contributed by atoms with Crippen LogP contribution in [-0.4, -0.2) is 143 Å². The van der Waals surface area contributed by atoms with Crippen LogP contribution in [-0.2, 0) is 28.8 Å². The van der Waals surface area contributed by atoms with E-state index in [4.69, 9.17) is 15.7 Å². The normalized spacial score (nSPS) is 23.0. The number of carboxylic acid groups (broad SMARTS) is 3. The monoisotopic (exact) mass is 807 g/mol. The van der Waals surface area contributed by atoms with Gasteiger partial charge in [-0.1, -0.05) is 18.5 Å². The van der Waals surface area contributed by atoms with Gasteiger partial charge in [0, 0.05) is 42.4 Å². The smallest absolute Gasteiger partial charge is 0.352 e. The molecule has 2 aromatic rings. The number of β-lactam (4-membered cyclic amide) rings is 1. The number of carboxylic acids is 3. The van der Waals surface area contributed by atoms with Crippen LogP contribution < -0.4 is 11.1 Å². The largest absolute Gasteiger partial charge is 0.504 e. The van der Waals surface area contributed by atoms with E-state index >= 15 is 0 Å². The summed E-state index contributed by atoms with van der Waals surface area (Å²) in [5, 5.41) is 54.1. The SMILES string of the molecule is CC[C@H]1CN(C(=O)c2cc(O)c(O)c(F)c2)C[C@H]1CN(C)CC1=C(C(=O)O)N2C(=O)C(NC(=O)/C(=N\O[C@@H](CC(=O)O)C(=O)O)c3csc(N)n3)[C@H]2S[C@H]1C. The van der Waals surface area contributed by atoms with Gasteiger partial charge in [-0.2, -0.15) is 0 Å². The Hall–Kier alpha value is -5.48. The fourth-order valence-corrected chi connectivity index (χ4v) is 8.72. The highest BCUT2D eigenvalue weighted by atomic mass is 32.2. The minimum absolute atomic E-state index is 0.0167. The summed E-state index contributed by atoms with van der Waals surface area (Å²) >= 11 is 2.15. The Labute approximate surface area is 320 Å². The zero-order chi connectivity index (χ0) is 40.5. The van der Waals surface area contributed by atoms with E-state index in [1.165, 1.54) is 17.1 Å². The number of nitrogens with two attached hydrogens (primary N) is 1. The Bertz CT molecular complexity index is 1950. The number of carbonyl (C=O) groups is 6. The number of benzene rings is 1. The van der Waals surface area contributed by atoms with Crippen molar-refractivity contribution in [3.05, 3.63) is 45.9 Å². The number of fused-ring (bicyclic) bond motifs is 1. The van der Waals surface area contributed by atoms with Gasteiger partial charge in [0.25, 0.3) is 17.7 Å². The Balaban J connectivity index is 1.29. The summed E-state index contributed by atoms with van der Waals surface area (Å²) in [6.45, 7) is 4.96. The minimum Gasteiger partial charge on any atom is -0.504 e. The molecule has 3 aliphatic heterocycles. The lowest BCUT2D eigenvalue weighted by Crippen LogP contribution is -2.71. The average Bonchev–Trinajstić information content (AvgIpc) is 3.74. The molecule has 3 aliphatic rings. The maximum absolute atomic E-state index is 14.1. The Morgan fingerprint density at radius 1 is 1.16 bits per heavy atom. The third-order valence-electron chi connectivity index (χ3n) is 9.46. The van der Waals surface area contributed by atoms with E-state index < -0.39 is 87.8 Å². The van der Waals surface area contributed by atoms with Crippen LogP contribution in [0.4, 0.5) is 9.52 Å². The van der Waals surface area contributed by atoms with Crippen molar-refractivity contribution >= 4 is 69.6 Å². The van der Waals surface area contributed by atoms with Gasteiger partial charge in [-0.3, -0.25) is 24.1 Å². The summed E-state index contributed by atoms with van der Waals surface area (Å²) in [6.07, 6.45) is -2.23. The van der Waals surface area contributed by atoms with Crippen molar-refractivity contribution in [2.45, 2.75) is 49.5 Å². The Kier molecular flexibility index (Phi) is 12.2. The standard InChI is InChI=1S/C33H38FN7O12S2/c1-4-14-9-40(28(47)15-5-18(34)26(45)20(42)6-15)10-16(14)8-39(3)11-17-13(2)55-30-24(29(48)41(30)25(17)32(51)52)37-27(46)23(19-12-54-33(35)36-19)38-53-21(31(49)50)7-22(43)44/h5-6,12-14,16,21,24,30,42,45H,4,7-11H2,1-3H3,(H2,35,36)(H,37,46)(H,43,44)(H,49,50)(H,51,52)/b38-23-/t13-,14-,16+,21-,24?,30+/m0/s1. The predicted molar refractivity (Wildman–Crippen MR) is 193 cm³/mol. The van der Waals surface area contributed by atoms with Crippen molar-refractivity contribution in [1.29, 1.82) is 0 Å². The van der Waals surface area contributed by atoms with Crippen molar-refractivity contribution < 1.29 is 63.5 Å². The number of thiazole rings is 1. The van der Waals surface area contributed by atoms with Gasteiger partial charge in [-0.05, 0) is 43.5 Å². The summed E-state index contributed by atoms with van der Waals surface area (Å²) in [6, 6.07) is 0.628. The van der Waals surface area contributed by atoms with E-state index in [-0.39, 0.29) is 40.5 Å². The first-order chi connectivity index (χ1) is 25.9. The molecule has 0 spiro atoms. The van der Waals surface area contributed by atoms with Crippen molar-refractivity contribution in [3.63, 3.8) is 0 Å². The Morgan fingerprint density at radius 2 is 1.85 bits per heavy atom. The third kappa shape index (κ3) is 8.60. The molecule has 4 heterocycles. The molecule has 1 aromatic heterocycles. The second kappa shape index (κ2) is 16.5. The number of carbonyl (C=O) groups excluding carboxylic acids is 3. The van der Waals surface area contributed by atoms with Crippen LogP contribution in [0.3, 0.4) is 0 Å². The molecular weight excluding hydrogens is 770 g/mol. The van der Waals surface area contributed by atoms with Crippen molar-refractivity contribution in [3.8, 4) is 11.5 Å². The second-order valence-electron chi connectivity index (χ2n) is 13.2. The molecule has 19 nitrogen and oxygen atoms in total. The zero-order valence-electron chi connectivity index (χ0n) is 29.5. The van der Waals surface area contributed by atoms with Crippen LogP contribution in [0.5, 0.6) is 11.5 Å². The number of aliphatic carboxylic acids is 3. The molecule has 0 radical (unpaired) electrons. The van der Waals surface area contributed by atoms with Gasteiger partial charge in [0.2, 0.25) is 6.10 Å². The van der Waals surface area contributed by atoms with Crippen LogP contribution in [0.2, 0.25) is 0 Å². The second-order valence-corrected chi connectivity index (χ2v) is 15.6. The maximum Gasteiger partial charge on any atom is 0.352 e. The van der Waals surface area contributed by atoms with Gasteiger partial charge in [0.15, 0.2) is 28.2 Å². The number of oxime groups is 1. The van der Waals surface area contributed by atoms with E-state index in [2.05, 4.69) is 15.5 Å². The van der Waals surface area contributed by atoms with Gasteiger partial charge < -0.3 is 51.2 Å². The van der Waals surface area contributed by atoms with Gasteiger partial charge in [-0.25, -0.2) is 19.0 Å². The number of likely N-dealkylation sites (tertiary alicyclic amines) is 1. The van der Waals surface area contributed by atoms with Crippen molar-refractivity contribution in [2.75, 3.05) is 39.0 Å². The highest BCUT2D eigenvalue weighted by molar-refractivity contribution is 8.00. The molecule has 0 bridgehead atoms. The summed E-state index contributed by atoms with van der Waals surface area (Å²) in [7, 11) is 1.78. The molecule has 22 heteroatoms. The first kappa shape index (κ1) is 40.7. The minimum atomic E-state index is -1.96. The number of nitrogens with zero attached hydrogens (tertiary/aromatic N) is 5. The van der Waals surface area contributed by atoms with Crippen molar-refractivity contribution in [1.82, 2.24) is 25.0 Å². The Morgan fingerprint density at radius 3 is 2.44 bits per heavy atom. The maximum atomic E-state index is 14.1. The van der Waals surface area contributed by atoms with Gasteiger partial charge in [0.05, 0.1) is 6.42 Å². The summed E-state index contributed by atoms with van der Waals surface area (Å²) in [5.74, 6) is -9.65. The molecule has 6 atom stereocenters. The topological polar surface area (TPSA) is 286 Å². The molecule has 296 valence electrons. The molecule has 0 saturated carbocycles.